The molecular weight excluding hydrogens is 338 g/mol. The summed E-state index contributed by atoms with van der Waals surface area (Å²) in [5.41, 5.74) is 7.14. The van der Waals surface area contributed by atoms with Gasteiger partial charge in [-0.3, -0.25) is 4.79 Å². The van der Waals surface area contributed by atoms with Gasteiger partial charge >= 0.3 is 5.97 Å². The highest BCUT2D eigenvalue weighted by molar-refractivity contribution is 9.10. The maximum absolute atomic E-state index is 11.3. The summed E-state index contributed by atoms with van der Waals surface area (Å²) in [5.74, 6) is 1.28. The Labute approximate surface area is 132 Å². The zero-order valence-corrected chi connectivity index (χ0v) is 13.6. The van der Waals surface area contributed by atoms with Crippen LogP contribution < -0.4 is 15.2 Å². The SMILES string of the molecule is CCOC(=O)CCC(N)Cc1cc(Br)c2c(c1)OCCO2. The van der Waals surface area contributed by atoms with E-state index in [1.165, 1.54) is 0 Å². The molecule has 0 bridgehead atoms. The Morgan fingerprint density at radius 3 is 2.95 bits per heavy atom. The van der Waals surface area contributed by atoms with E-state index in [1.54, 1.807) is 6.92 Å². The van der Waals surface area contributed by atoms with Crippen LogP contribution in [0.5, 0.6) is 11.5 Å². The van der Waals surface area contributed by atoms with E-state index >= 15 is 0 Å². The molecule has 6 heteroatoms. The van der Waals surface area contributed by atoms with E-state index in [4.69, 9.17) is 19.9 Å². The third kappa shape index (κ3) is 4.61. The Morgan fingerprint density at radius 2 is 2.19 bits per heavy atom. The van der Waals surface area contributed by atoms with Gasteiger partial charge in [0.25, 0.3) is 0 Å². The van der Waals surface area contributed by atoms with Crippen LogP contribution in [0, 0.1) is 0 Å². The van der Waals surface area contributed by atoms with E-state index in [0.29, 0.717) is 39.1 Å². The average Bonchev–Trinajstić information content (AvgIpc) is 2.45. The van der Waals surface area contributed by atoms with Gasteiger partial charge in [-0.25, -0.2) is 0 Å². The quantitative estimate of drug-likeness (QED) is 0.791. The van der Waals surface area contributed by atoms with Gasteiger partial charge in [0.2, 0.25) is 0 Å². The largest absolute Gasteiger partial charge is 0.486 e. The van der Waals surface area contributed by atoms with E-state index in [1.807, 2.05) is 12.1 Å². The molecule has 2 N–H and O–H groups in total. The van der Waals surface area contributed by atoms with Gasteiger partial charge in [0.15, 0.2) is 11.5 Å². The van der Waals surface area contributed by atoms with Gasteiger partial charge in [-0.15, -0.1) is 0 Å². The molecule has 0 saturated carbocycles. The third-order valence-electron chi connectivity index (χ3n) is 3.18. The second-order valence-corrected chi connectivity index (χ2v) is 5.76. The van der Waals surface area contributed by atoms with E-state index in [2.05, 4.69) is 15.9 Å². The van der Waals surface area contributed by atoms with Crippen molar-refractivity contribution in [3.05, 3.63) is 22.2 Å². The normalized spacial score (nSPS) is 14.6. The third-order valence-corrected chi connectivity index (χ3v) is 3.77. The average molecular weight is 358 g/mol. The highest BCUT2D eigenvalue weighted by Gasteiger charge is 2.17. The zero-order chi connectivity index (χ0) is 15.2. The molecule has 21 heavy (non-hydrogen) atoms. The summed E-state index contributed by atoms with van der Waals surface area (Å²) in [6, 6.07) is 3.84. The number of halogens is 1. The van der Waals surface area contributed by atoms with Crippen LogP contribution in [0.2, 0.25) is 0 Å². The van der Waals surface area contributed by atoms with Gasteiger partial charge in [0.1, 0.15) is 13.2 Å². The molecule has 0 radical (unpaired) electrons. The molecule has 1 aromatic carbocycles. The molecule has 1 aliphatic heterocycles. The summed E-state index contributed by atoms with van der Waals surface area (Å²) in [6.45, 7) is 3.32. The maximum Gasteiger partial charge on any atom is 0.305 e. The number of ether oxygens (including phenoxy) is 3. The predicted molar refractivity (Wildman–Crippen MR) is 82.7 cm³/mol. The van der Waals surface area contributed by atoms with E-state index in [0.717, 1.165) is 21.5 Å². The molecule has 1 heterocycles. The summed E-state index contributed by atoms with van der Waals surface area (Å²) in [5, 5.41) is 0. The van der Waals surface area contributed by atoms with Crippen molar-refractivity contribution in [2.75, 3.05) is 19.8 Å². The number of carbonyl (C=O) groups excluding carboxylic acids is 1. The van der Waals surface area contributed by atoms with Crippen molar-refractivity contribution >= 4 is 21.9 Å². The fraction of sp³-hybridized carbons (Fsp3) is 0.533. The molecule has 0 spiro atoms. The van der Waals surface area contributed by atoms with Crippen molar-refractivity contribution < 1.29 is 19.0 Å². The van der Waals surface area contributed by atoms with Gasteiger partial charge in [-0.1, -0.05) is 0 Å². The second-order valence-electron chi connectivity index (χ2n) is 4.91. The first kappa shape index (κ1) is 16.1. The lowest BCUT2D eigenvalue weighted by molar-refractivity contribution is -0.143. The molecule has 116 valence electrons. The van der Waals surface area contributed by atoms with Crippen LogP contribution in [-0.2, 0) is 16.0 Å². The number of hydrogen-bond acceptors (Lipinski definition) is 5. The monoisotopic (exact) mass is 357 g/mol. The molecule has 0 amide bonds. The minimum atomic E-state index is -0.198. The second kappa shape index (κ2) is 7.66. The molecule has 2 rings (SSSR count). The van der Waals surface area contributed by atoms with E-state index in [-0.39, 0.29) is 12.0 Å². The summed E-state index contributed by atoms with van der Waals surface area (Å²) in [7, 11) is 0. The summed E-state index contributed by atoms with van der Waals surface area (Å²) >= 11 is 3.49. The van der Waals surface area contributed by atoms with Crippen molar-refractivity contribution in [3.63, 3.8) is 0 Å². The van der Waals surface area contributed by atoms with Crippen molar-refractivity contribution in [2.45, 2.75) is 32.2 Å². The smallest absolute Gasteiger partial charge is 0.305 e. The molecule has 1 atom stereocenters. The topological polar surface area (TPSA) is 70.8 Å². The van der Waals surface area contributed by atoms with Crippen molar-refractivity contribution in [1.29, 1.82) is 0 Å². The van der Waals surface area contributed by atoms with Crippen molar-refractivity contribution in [3.8, 4) is 11.5 Å². The minimum absolute atomic E-state index is 0.0936. The number of rotatable bonds is 6. The van der Waals surface area contributed by atoms with Crippen LogP contribution in [-0.4, -0.2) is 31.8 Å². The van der Waals surface area contributed by atoms with Crippen molar-refractivity contribution in [2.24, 2.45) is 5.73 Å². The first-order valence-electron chi connectivity index (χ1n) is 7.09. The molecule has 0 aliphatic carbocycles. The van der Waals surface area contributed by atoms with Gasteiger partial charge in [-0.05, 0) is 53.4 Å². The Bertz CT molecular complexity index is 507. The van der Waals surface area contributed by atoms with Crippen LogP contribution in [0.15, 0.2) is 16.6 Å². The fourth-order valence-electron chi connectivity index (χ4n) is 2.22. The maximum atomic E-state index is 11.3. The van der Waals surface area contributed by atoms with Gasteiger partial charge in [0, 0.05) is 12.5 Å². The van der Waals surface area contributed by atoms with Gasteiger partial charge < -0.3 is 19.9 Å². The van der Waals surface area contributed by atoms with Crippen LogP contribution in [0.25, 0.3) is 0 Å². The van der Waals surface area contributed by atoms with Crippen LogP contribution in [0.4, 0.5) is 0 Å². The number of nitrogens with two attached hydrogens (primary N) is 1. The van der Waals surface area contributed by atoms with Crippen LogP contribution in [0.1, 0.15) is 25.3 Å². The number of benzene rings is 1. The van der Waals surface area contributed by atoms with Crippen LogP contribution >= 0.6 is 15.9 Å². The van der Waals surface area contributed by atoms with Gasteiger partial charge in [0.05, 0.1) is 11.1 Å². The lowest BCUT2D eigenvalue weighted by Crippen LogP contribution is -2.24. The minimum Gasteiger partial charge on any atom is -0.486 e. The summed E-state index contributed by atoms with van der Waals surface area (Å²) < 4.78 is 16.9. The number of fused-ring (bicyclic) bond motifs is 1. The Morgan fingerprint density at radius 1 is 1.43 bits per heavy atom. The number of carbonyl (C=O) groups is 1. The predicted octanol–water partition coefficient (Wildman–Crippen LogP) is 2.43. The van der Waals surface area contributed by atoms with E-state index in [9.17, 15) is 4.79 Å². The fourth-order valence-corrected chi connectivity index (χ4v) is 2.83. The van der Waals surface area contributed by atoms with E-state index < -0.39 is 0 Å². The molecule has 1 unspecified atom stereocenters. The molecule has 5 nitrogen and oxygen atoms in total. The molecule has 1 aromatic rings. The number of hydrogen-bond donors (Lipinski definition) is 1. The highest BCUT2D eigenvalue weighted by Crippen LogP contribution is 2.38. The lowest BCUT2D eigenvalue weighted by atomic mass is 10.0. The zero-order valence-electron chi connectivity index (χ0n) is 12.1. The summed E-state index contributed by atoms with van der Waals surface area (Å²) in [6.07, 6.45) is 1.63. The Hall–Kier alpha value is -1.27. The van der Waals surface area contributed by atoms with Crippen LogP contribution in [0.3, 0.4) is 0 Å². The summed E-state index contributed by atoms with van der Waals surface area (Å²) in [4.78, 5) is 11.3. The Balaban J connectivity index is 1.93. The number of esters is 1. The first-order valence-corrected chi connectivity index (χ1v) is 7.88. The molecule has 0 aromatic heterocycles. The molecule has 1 aliphatic rings. The van der Waals surface area contributed by atoms with Crippen molar-refractivity contribution in [1.82, 2.24) is 0 Å². The first-order chi connectivity index (χ1) is 10.1. The Kier molecular flexibility index (Phi) is 5.87. The lowest BCUT2D eigenvalue weighted by Gasteiger charge is -2.21. The molecular formula is C15H20BrNO4. The molecule has 0 fully saturated rings. The highest BCUT2D eigenvalue weighted by atomic mass is 79.9. The molecule has 0 saturated heterocycles. The standard InChI is InChI=1S/C15H20BrNO4/c1-2-19-14(18)4-3-11(17)7-10-8-12(16)15-13(9-10)20-5-6-21-15/h8-9,11H,2-7,17H2,1H3. The van der Waals surface area contributed by atoms with Gasteiger partial charge in [-0.2, -0.15) is 0 Å².